The zero-order valence-corrected chi connectivity index (χ0v) is 14.7. The SMILES string of the molecule is NS(=O)(=O)c1ccc(NC(=O)CCc2ccc(-c3ccccc3)o2)cc1. The van der Waals surface area contributed by atoms with E-state index in [-0.39, 0.29) is 17.2 Å². The second-order valence-electron chi connectivity index (χ2n) is 5.75. The number of amides is 1. The first kappa shape index (κ1) is 17.9. The summed E-state index contributed by atoms with van der Waals surface area (Å²) in [5, 5.41) is 7.75. The van der Waals surface area contributed by atoms with E-state index in [1.165, 1.54) is 24.3 Å². The first-order valence-electron chi connectivity index (χ1n) is 7.99. The Balaban J connectivity index is 1.55. The zero-order valence-electron chi connectivity index (χ0n) is 13.9. The van der Waals surface area contributed by atoms with Crippen LogP contribution in [0.3, 0.4) is 0 Å². The molecule has 0 spiro atoms. The van der Waals surface area contributed by atoms with Gasteiger partial charge in [-0.25, -0.2) is 13.6 Å². The molecule has 7 heteroatoms. The Labute approximate surface area is 151 Å². The molecule has 0 saturated carbocycles. The molecule has 0 aliphatic heterocycles. The molecule has 0 radical (unpaired) electrons. The van der Waals surface area contributed by atoms with Gasteiger partial charge in [0, 0.05) is 24.1 Å². The fourth-order valence-corrected chi connectivity index (χ4v) is 2.97. The van der Waals surface area contributed by atoms with Crippen LogP contribution < -0.4 is 10.5 Å². The van der Waals surface area contributed by atoms with E-state index >= 15 is 0 Å². The molecule has 2 aromatic carbocycles. The van der Waals surface area contributed by atoms with E-state index in [0.29, 0.717) is 12.1 Å². The molecule has 0 aliphatic rings. The van der Waals surface area contributed by atoms with Crippen molar-refractivity contribution in [1.82, 2.24) is 0 Å². The Bertz CT molecular complexity index is 994. The van der Waals surface area contributed by atoms with Crippen LogP contribution in [-0.4, -0.2) is 14.3 Å². The molecule has 0 bridgehead atoms. The van der Waals surface area contributed by atoms with Gasteiger partial charge in [0.2, 0.25) is 15.9 Å². The van der Waals surface area contributed by atoms with Crippen LogP contribution in [0.2, 0.25) is 0 Å². The van der Waals surface area contributed by atoms with E-state index in [4.69, 9.17) is 9.56 Å². The van der Waals surface area contributed by atoms with E-state index in [1.807, 2.05) is 42.5 Å². The van der Waals surface area contributed by atoms with Crippen LogP contribution >= 0.6 is 0 Å². The predicted octanol–water partition coefficient (Wildman–Crippen LogP) is 3.17. The van der Waals surface area contributed by atoms with Gasteiger partial charge in [0.25, 0.3) is 0 Å². The monoisotopic (exact) mass is 370 g/mol. The minimum absolute atomic E-state index is 0.000439. The Morgan fingerprint density at radius 2 is 1.65 bits per heavy atom. The van der Waals surface area contributed by atoms with Crippen LogP contribution in [0.4, 0.5) is 5.69 Å². The van der Waals surface area contributed by atoms with Crippen molar-refractivity contribution in [3.05, 3.63) is 72.5 Å². The number of carbonyl (C=O) groups is 1. The molecule has 1 amide bonds. The van der Waals surface area contributed by atoms with Gasteiger partial charge in [-0.15, -0.1) is 0 Å². The van der Waals surface area contributed by atoms with E-state index in [9.17, 15) is 13.2 Å². The average molecular weight is 370 g/mol. The summed E-state index contributed by atoms with van der Waals surface area (Å²) in [7, 11) is -3.74. The van der Waals surface area contributed by atoms with Crippen molar-refractivity contribution >= 4 is 21.6 Å². The van der Waals surface area contributed by atoms with E-state index in [2.05, 4.69) is 5.32 Å². The zero-order chi connectivity index (χ0) is 18.6. The molecule has 0 atom stereocenters. The molecular weight excluding hydrogens is 352 g/mol. The maximum absolute atomic E-state index is 12.0. The highest BCUT2D eigenvalue weighted by Crippen LogP contribution is 2.22. The Hall–Kier alpha value is -2.90. The molecular formula is C19H18N2O4S. The summed E-state index contributed by atoms with van der Waals surface area (Å²) >= 11 is 0. The minimum Gasteiger partial charge on any atom is -0.461 e. The third kappa shape index (κ3) is 4.59. The largest absolute Gasteiger partial charge is 0.461 e. The van der Waals surface area contributed by atoms with Gasteiger partial charge < -0.3 is 9.73 Å². The van der Waals surface area contributed by atoms with Gasteiger partial charge in [-0.05, 0) is 36.4 Å². The summed E-state index contributed by atoms with van der Waals surface area (Å²) in [6.07, 6.45) is 0.715. The van der Waals surface area contributed by atoms with Gasteiger partial charge in [-0.1, -0.05) is 30.3 Å². The molecule has 0 fully saturated rings. The van der Waals surface area contributed by atoms with E-state index < -0.39 is 10.0 Å². The molecule has 1 heterocycles. The van der Waals surface area contributed by atoms with Crippen molar-refractivity contribution in [1.29, 1.82) is 0 Å². The number of anilines is 1. The van der Waals surface area contributed by atoms with Crippen LogP contribution in [0.25, 0.3) is 11.3 Å². The lowest BCUT2D eigenvalue weighted by molar-refractivity contribution is -0.116. The molecule has 3 aromatic rings. The molecule has 0 aliphatic carbocycles. The number of benzene rings is 2. The number of rotatable bonds is 6. The second kappa shape index (κ2) is 7.55. The molecule has 6 nitrogen and oxygen atoms in total. The third-order valence-corrected chi connectivity index (χ3v) is 4.71. The normalized spacial score (nSPS) is 11.3. The first-order chi connectivity index (χ1) is 12.4. The fourth-order valence-electron chi connectivity index (χ4n) is 2.46. The number of primary sulfonamides is 1. The highest BCUT2D eigenvalue weighted by atomic mass is 32.2. The lowest BCUT2D eigenvalue weighted by Gasteiger charge is -2.05. The first-order valence-corrected chi connectivity index (χ1v) is 9.53. The summed E-state index contributed by atoms with van der Waals surface area (Å²) in [4.78, 5) is 12.0. The topological polar surface area (TPSA) is 102 Å². The molecule has 0 saturated heterocycles. The number of carbonyl (C=O) groups excluding carboxylic acids is 1. The van der Waals surface area contributed by atoms with Crippen molar-refractivity contribution in [2.75, 3.05) is 5.32 Å². The van der Waals surface area contributed by atoms with Crippen LogP contribution in [0, 0.1) is 0 Å². The summed E-state index contributed by atoms with van der Waals surface area (Å²) < 4.78 is 28.2. The second-order valence-corrected chi connectivity index (χ2v) is 7.31. The minimum atomic E-state index is -3.74. The highest BCUT2D eigenvalue weighted by molar-refractivity contribution is 7.89. The number of hydrogen-bond donors (Lipinski definition) is 2. The van der Waals surface area contributed by atoms with Crippen molar-refractivity contribution in [3.8, 4) is 11.3 Å². The number of nitrogens with one attached hydrogen (secondary N) is 1. The van der Waals surface area contributed by atoms with Crippen molar-refractivity contribution in [2.45, 2.75) is 17.7 Å². The Morgan fingerprint density at radius 1 is 0.962 bits per heavy atom. The maximum atomic E-state index is 12.0. The lowest BCUT2D eigenvalue weighted by Crippen LogP contribution is -2.14. The molecule has 0 unspecified atom stereocenters. The van der Waals surface area contributed by atoms with Gasteiger partial charge in [-0.3, -0.25) is 4.79 Å². The number of sulfonamides is 1. The van der Waals surface area contributed by atoms with Crippen molar-refractivity contribution in [3.63, 3.8) is 0 Å². The Kier molecular flexibility index (Phi) is 5.20. The fraction of sp³-hybridized carbons (Fsp3) is 0.105. The molecule has 1 aromatic heterocycles. The smallest absolute Gasteiger partial charge is 0.238 e. The summed E-state index contributed by atoms with van der Waals surface area (Å²) in [6, 6.07) is 19.2. The Morgan fingerprint density at radius 3 is 2.31 bits per heavy atom. The van der Waals surface area contributed by atoms with E-state index in [1.54, 1.807) is 0 Å². The standard InChI is InChI=1S/C19H18N2O4S/c20-26(23,24)17-10-6-15(7-11-17)21-19(22)13-9-16-8-12-18(25-16)14-4-2-1-3-5-14/h1-8,10-12H,9,13H2,(H,21,22)(H2,20,23,24). The highest BCUT2D eigenvalue weighted by Gasteiger charge is 2.10. The van der Waals surface area contributed by atoms with E-state index in [0.717, 1.165) is 17.1 Å². The number of hydrogen-bond acceptors (Lipinski definition) is 4. The van der Waals surface area contributed by atoms with Gasteiger partial charge >= 0.3 is 0 Å². The summed E-state index contributed by atoms with van der Waals surface area (Å²) in [6.45, 7) is 0. The molecule has 26 heavy (non-hydrogen) atoms. The quantitative estimate of drug-likeness (QED) is 0.695. The van der Waals surface area contributed by atoms with Crippen LogP contribution in [0.1, 0.15) is 12.2 Å². The third-order valence-electron chi connectivity index (χ3n) is 3.79. The van der Waals surface area contributed by atoms with Gasteiger partial charge in [0.15, 0.2) is 0 Å². The summed E-state index contributed by atoms with van der Waals surface area (Å²) in [5.74, 6) is 1.30. The summed E-state index contributed by atoms with van der Waals surface area (Å²) in [5.41, 5.74) is 1.49. The molecule has 3 rings (SSSR count). The number of aryl methyl sites for hydroxylation is 1. The van der Waals surface area contributed by atoms with Gasteiger partial charge in [-0.2, -0.15) is 0 Å². The van der Waals surface area contributed by atoms with Gasteiger partial charge in [0.05, 0.1) is 4.90 Å². The van der Waals surface area contributed by atoms with Crippen LogP contribution in [-0.2, 0) is 21.2 Å². The molecule has 134 valence electrons. The average Bonchev–Trinajstić information content (AvgIpc) is 3.09. The maximum Gasteiger partial charge on any atom is 0.238 e. The van der Waals surface area contributed by atoms with Crippen LogP contribution in [0.5, 0.6) is 0 Å². The van der Waals surface area contributed by atoms with Crippen LogP contribution in [0.15, 0.2) is 76.0 Å². The van der Waals surface area contributed by atoms with Crippen molar-refractivity contribution in [2.24, 2.45) is 5.14 Å². The number of furan rings is 1. The van der Waals surface area contributed by atoms with Gasteiger partial charge in [0.1, 0.15) is 11.5 Å². The van der Waals surface area contributed by atoms with Crippen molar-refractivity contribution < 1.29 is 17.6 Å². The predicted molar refractivity (Wildman–Crippen MR) is 98.9 cm³/mol. The molecule has 3 N–H and O–H groups in total. The lowest BCUT2D eigenvalue weighted by atomic mass is 10.2. The number of nitrogens with two attached hydrogens (primary N) is 1.